The van der Waals surface area contributed by atoms with Crippen LogP contribution in [0.5, 0.6) is 0 Å². The first kappa shape index (κ1) is 14.9. The van der Waals surface area contributed by atoms with Crippen molar-refractivity contribution in [1.82, 2.24) is 15.2 Å². The third-order valence-electron chi connectivity index (χ3n) is 5.77. The summed E-state index contributed by atoms with van der Waals surface area (Å²) in [5.74, 6) is 3.04. The highest BCUT2D eigenvalue weighted by molar-refractivity contribution is 5.79. The van der Waals surface area contributed by atoms with Crippen molar-refractivity contribution in [3.05, 3.63) is 23.9 Å². The predicted molar refractivity (Wildman–Crippen MR) is 90.3 cm³/mol. The van der Waals surface area contributed by atoms with Crippen molar-refractivity contribution in [3.63, 3.8) is 0 Å². The number of aromatic nitrogens is 1. The molecule has 4 rings (SSSR count). The molecule has 2 atom stereocenters. The van der Waals surface area contributed by atoms with Gasteiger partial charge in [-0.1, -0.05) is 6.07 Å². The van der Waals surface area contributed by atoms with Crippen LogP contribution in [0.15, 0.2) is 18.3 Å². The Morgan fingerprint density at radius 3 is 2.48 bits per heavy atom. The van der Waals surface area contributed by atoms with Gasteiger partial charge in [0.1, 0.15) is 5.82 Å². The van der Waals surface area contributed by atoms with Crippen molar-refractivity contribution in [2.75, 3.05) is 44.2 Å². The normalized spacial score (nSPS) is 28.2. The van der Waals surface area contributed by atoms with Gasteiger partial charge in [0.2, 0.25) is 5.91 Å². The van der Waals surface area contributed by atoms with Crippen LogP contribution in [0.25, 0.3) is 0 Å². The van der Waals surface area contributed by atoms with Gasteiger partial charge in [0.15, 0.2) is 0 Å². The van der Waals surface area contributed by atoms with E-state index < -0.39 is 0 Å². The first-order valence-corrected chi connectivity index (χ1v) is 8.88. The number of pyridine rings is 1. The first-order valence-electron chi connectivity index (χ1n) is 8.88. The standard InChI is InChI=1S/C18H26N4O/c1-13-2-3-17(20-8-13)21-6-4-14(5-7-21)18(23)22-11-15-9-19-10-16(15)12-22/h2-3,8,14-16,19H,4-7,9-12H2,1H3/t15-,16+. The van der Waals surface area contributed by atoms with Crippen molar-refractivity contribution in [2.24, 2.45) is 17.8 Å². The fraction of sp³-hybridized carbons (Fsp3) is 0.667. The van der Waals surface area contributed by atoms with Gasteiger partial charge in [-0.05, 0) is 43.2 Å². The molecule has 1 N–H and O–H groups in total. The number of hydrogen-bond donors (Lipinski definition) is 1. The Morgan fingerprint density at radius 1 is 1.17 bits per heavy atom. The van der Waals surface area contributed by atoms with E-state index in [1.165, 1.54) is 5.56 Å². The number of likely N-dealkylation sites (tertiary alicyclic amines) is 1. The Kier molecular flexibility index (Phi) is 3.97. The molecule has 0 aromatic carbocycles. The summed E-state index contributed by atoms with van der Waals surface area (Å²) in [6, 6.07) is 4.20. The lowest BCUT2D eigenvalue weighted by Crippen LogP contribution is -2.42. The Bertz CT molecular complexity index is 553. The van der Waals surface area contributed by atoms with E-state index in [0.717, 1.165) is 57.9 Å². The molecular weight excluding hydrogens is 288 g/mol. The quantitative estimate of drug-likeness (QED) is 0.893. The average molecular weight is 314 g/mol. The van der Waals surface area contributed by atoms with Crippen LogP contribution >= 0.6 is 0 Å². The van der Waals surface area contributed by atoms with Crippen LogP contribution < -0.4 is 10.2 Å². The van der Waals surface area contributed by atoms with Gasteiger partial charge in [0.05, 0.1) is 0 Å². The lowest BCUT2D eigenvalue weighted by Gasteiger charge is -2.34. The molecule has 4 heterocycles. The van der Waals surface area contributed by atoms with Crippen LogP contribution in [-0.4, -0.2) is 55.1 Å². The van der Waals surface area contributed by atoms with Gasteiger partial charge in [-0.3, -0.25) is 4.79 Å². The number of nitrogens with zero attached hydrogens (tertiary/aromatic N) is 3. The summed E-state index contributed by atoms with van der Waals surface area (Å²) < 4.78 is 0. The molecule has 0 spiro atoms. The molecule has 3 saturated heterocycles. The molecule has 23 heavy (non-hydrogen) atoms. The second-order valence-electron chi connectivity index (χ2n) is 7.38. The Hall–Kier alpha value is -1.62. The highest BCUT2D eigenvalue weighted by Crippen LogP contribution is 2.30. The minimum atomic E-state index is 0.212. The SMILES string of the molecule is Cc1ccc(N2CCC(C(=O)N3C[C@H]4CNC[C@H]4C3)CC2)nc1. The lowest BCUT2D eigenvalue weighted by atomic mass is 9.95. The van der Waals surface area contributed by atoms with Gasteiger partial charge in [-0.25, -0.2) is 4.98 Å². The average Bonchev–Trinajstić information content (AvgIpc) is 3.17. The molecule has 1 aromatic rings. The summed E-state index contributed by atoms with van der Waals surface area (Å²) >= 11 is 0. The van der Waals surface area contributed by atoms with E-state index >= 15 is 0 Å². The number of nitrogens with one attached hydrogen (secondary N) is 1. The summed E-state index contributed by atoms with van der Waals surface area (Å²) in [7, 11) is 0. The van der Waals surface area contributed by atoms with Crippen LogP contribution in [0, 0.1) is 24.7 Å². The second-order valence-corrected chi connectivity index (χ2v) is 7.38. The first-order chi connectivity index (χ1) is 11.2. The number of aryl methyl sites for hydroxylation is 1. The number of carbonyl (C=O) groups is 1. The summed E-state index contributed by atoms with van der Waals surface area (Å²) in [5.41, 5.74) is 1.19. The fourth-order valence-corrected chi connectivity index (χ4v) is 4.30. The van der Waals surface area contributed by atoms with Crippen LogP contribution in [0.4, 0.5) is 5.82 Å². The van der Waals surface area contributed by atoms with E-state index in [9.17, 15) is 4.79 Å². The highest BCUT2D eigenvalue weighted by atomic mass is 16.2. The van der Waals surface area contributed by atoms with E-state index in [4.69, 9.17) is 0 Å². The third-order valence-corrected chi connectivity index (χ3v) is 5.77. The van der Waals surface area contributed by atoms with Crippen molar-refractivity contribution in [3.8, 4) is 0 Å². The fourth-order valence-electron chi connectivity index (χ4n) is 4.30. The zero-order valence-electron chi connectivity index (χ0n) is 13.9. The van der Waals surface area contributed by atoms with E-state index in [2.05, 4.69) is 39.2 Å². The van der Waals surface area contributed by atoms with Crippen molar-refractivity contribution >= 4 is 11.7 Å². The van der Waals surface area contributed by atoms with E-state index in [-0.39, 0.29) is 5.92 Å². The van der Waals surface area contributed by atoms with Crippen LogP contribution in [-0.2, 0) is 4.79 Å². The molecule has 0 radical (unpaired) electrons. The molecule has 3 aliphatic rings. The van der Waals surface area contributed by atoms with Gasteiger partial charge in [0.25, 0.3) is 0 Å². The molecule has 124 valence electrons. The zero-order valence-corrected chi connectivity index (χ0v) is 13.9. The molecule has 5 heteroatoms. The number of anilines is 1. The van der Waals surface area contributed by atoms with E-state index in [1.54, 1.807) is 0 Å². The lowest BCUT2D eigenvalue weighted by molar-refractivity contribution is -0.135. The molecule has 1 amide bonds. The van der Waals surface area contributed by atoms with Gasteiger partial charge < -0.3 is 15.1 Å². The zero-order chi connectivity index (χ0) is 15.8. The van der Waals surface area contributed by atoms with Gasteiger partial charge in [0, 0.05) is 51.4 Å². The number of carbonyl (C=O) groups excluding carboxylic acids is 1. The number of amides is 1. The van der Waals surface area contributed by atoms with Gasteiger partial charge in [-0.2, -0.15) is 0 Å². The molecule has 0 aliphatic carbocycles. The molecular formula is C18H26N4O. The number of piperidine rings is 1. The van der Waals surface area contributed by atoms with Gasteiger partial charge in [-0.15, -0.1) is 0 Å². The largest absolute Gasteiger partial charge is 0.357 e. The summed E-state index contributed by atoms with van der Waals surface area (Å²) in [6.45, 7) is 8.05. The topological polar surface area (TPSA) is 48.5 Å². The van der Waals surface area contributed by atoms with Crippen LogP contribution in [0.2, 0.25) is 0 Å². The predicted octanol–water partition coefficient (Wildman–Crippen LogP) is 1.28. The monoisotopic (exact) mass is 314 g/mol. The second kappa shape index (κ2) is 6.11. The van der Waals surface area contributed by atoms with E-state index in [0.29, 0.717) is 17.7 Å². The smallest absolute Gasteiger partial charge is 0.225 e. The van der Waals surface area contributed by atoms with Gasteiger partial charge >= 0.3 is 0 Å². The number of fused-ring (bicyclic) bond motifs is 1. The maximum absolute atomic E-state index is 12.8. The highest BCUT2D eigenvalue weighted by Gasteiger charge is 2.40. The van der Waals surface area contributed by atoms with Crippen molar-refractivity contribution in [2.45, 2.75) is 19.8 Å². The van der Waals surface area contributed by atoms with Crippen LogP contribution in [0.3, 0.4) is 0 Å². The molecule has 3 fully saturated rings. The third kappa shape index (κ3) is 2.94. The Labute approximate surface area is 138 Å². The van der Waals surface area contributed by atoms with Crippen molar-refractivity contribution in [1.29, 1.82) is 0 Å². The Morgan fingerprint density at radius 2 is 1.87 bits per heavy atom. The molecule has 3 aliphatic heterocycles. The molecule has 5 nitrogen and oxygen atoms in total. The minimum Gasteiger partial charge on any atom is -0.357 e. The molecule has 1 aromatic heterocycles. The maximum atomic E-state index is 12.8. The molecule has 0 unspecified atom stereocenters. The maximum Gasteiger partial charge on any atom is 0.225 e. The Balaban J connectivity index is 1.32. The minimum absolute atomic E-state index is 0.212. The molecule has 0 bridgehead atoms. The molecule has 0 saturated carbocycles. The number of hydrogen-bond acceptors (Lipinski definition) is 4. The van der Waals surface area contributed by atoms with E-state index in [1.807, 2.05) is 6.20 Å². The number of rotatable bonds is 2. The summed E-state index contributed by atoms with van der Waals surface area (Å²) in [6.07, 6.45) is 3.83. The van der Waals surface area contributed by atoms with Crippen LogP contribution in [0.1, 0.15) is 18.4 Å². The summed E-state index contributed by atoms with van der Waals surface area (Å²) in [4.78, 5) is 21.8. The van der Waals surface area contributed by atoms with Crippen molar-refractivity contribution < 1.29 is 4.79 Å². The summed E-state index contributed by atoms with van der Waals surface area (Å²) in [5, 5.41) is 3.44.